The van der Waals surface area contributed by atoms with Crippen LogP contribution in [0.15, 0.2) is 54.7 Å². The van der Waals surface area contributed by atoms with Crippen LogP contribution in [0.3, 0.4) is 0 Å². The molecule has 1 aromatic heterocycles. The van der Waals surface area contributed by atoms with Crippen molar-refractivity contribution in [3.8, 4) is 5.75 Å². The lowest BCUT2D eigenvalue weighted by Crippen LogP contribution is -2.45. The third-order valence-corrected chi connectivity index (χ3v) is 5.48. The van der Waals surface area contributed by atoms with Gasteiger partial charge in [0.1, 0.15) is 11.6 Å². The van der Waals surface area contributed by atoms with Gasteiger partial charge in [0.05, 0.1) is 18.8 Å². The lowest BCUT2D eigenvalue weighted by Gasteiger charge is -2.36. The van der Waals surface area contributed by atoms with E-state index >= 15 is 0 Å². The number of rotatable bonds is 7. The normalized spacial score (nSPS) is 19.2. The van der Waals surface area contributed by atoms with Crippen LogP contribution < -0.4 is 15.0 Å². The molecule has 4 rings (SSSR count). The molecule has 0 radical (unpaired) electrons. The van der Waals surface area contributed by atoms with E-state index in [4.69, 9.17) is 14.5 Å². The van der Waals surface area contributed by atoms with Gasteiger partial charge in [-0.05, 0) is 49.2 Å². The predicted molar refractivity (Wildman–Crippen MR) is 122 cm³/mol. The minimum atomic E-state index is 0.233. The van der Waals surface area contributed by atoms with Gasteiger partial charge in [-0.15, -0.1) is 0 Å². The number of anilines is 1. The SMILES string of the molecule is CCOc1ccc2ccccc2c1CNCc1ccc(N2C[C@@H](C)O[C@H](C)C2)nc1. The van der Waals surface area contributed by atoms with Gasteiger partial charge in [0, 0.05) is 37.9 Å². The number of hydrogen-bond acceptors (Lipinski definition) is 5. The molecule has 30 heavy (non-hydrogen) atoms. The van der Waals surface area contributed by atoms with E-state index in [0.717, 1.165) is 37.7 Å². The van der Waals surface area contributed by atoms with Crippen molar-refractivity contribution in [2.75, 3.05) is 24.6 Å². The lowest BCUT2D eigenvalue weighted by molar-refractivity contribution is -0.00545. The molecule has 1 N–H and O–H groups in total. The summed E-state index contributed by atoms with van der Waals surface area (Å²) < 4.78 is 11.7. The van der Waals surface area contributed by atoms with Gasteiger partial charge in [-0.2, -0.15) is 0 Å². The van der Waals surface area contributed by atoms with E-state index in [1.54, 1.807) is 0 Å². The summed E-state index contributed by atoms with van der Waals surface area (Å²) in [5.41, 5.74) is 2.38. The minimum Gasteiger partial charge on any atom is -0.494 e. The maximum absolute atomic E-state index is 5.88. The zero-order valence-electron chi connectivity index (χ0n) is 18.1. The molecule has 1 saturated heterocycles. The van der Waals surface area contributed by atoms with Crippen LogP contribution >= 0.6 is 0 Å². The van der Waals surface area contributed by atoms with Crippen molar-refractivity contribution >= 4 is 16.6 Å². The molecule has 1 aliphatic rings. The Hall–Kier alpha value is -2.63. The summed E-state index contributed by atoms with van der Waals surface area (Å²) >= 11 is 0. The fourth-order valence-electron chi connectivity index (χ4n) is 4.19. The number of aromatic nitrogens is 1. The van der Waals surface area contributed by atoms with Crippen LogP contribution in [0.5, 0.6) is 5.75 Å². The van der Waals surface area contributed by atoms with Crippen LogP contribution in [0.2, 0.25) is 0 Å². The van der Waals surface area contributed by atoms with E-state index < -0.39 is 0 Å². The highest BCUT2D eigenvalue weighted by molar-refractivity contribution is 5.87. The highest BCUT2D eigenvalue weighted by Crippen LogP contribution is 2.28. The number of benzene rings is 2. The highest BCUT2D eigenvalue weighted by Gasteiger charge is 2.22. The van der Waals surface area contributed by atoms with Crippen LogP contribution in [-0.2, 0) is 17.8 Å². The molecule has 1 fully saturated rings. The maximum atomic E-state index is 5.88. The standard InChI is InChI=1S/C25H31N3O2/c1-4-29-24-11-10-21-7-5-6-8-22(21)23(24)15-26-13-20-9-12-25(27-14-20)28-16-18(2)30-19(3)17-28/h5-12,14,18-19,26H,4,13,15-17H2,1-3H3/t18-,19-/m1/s1. The molecule has 5 nitrogen and oxygen atoms in total. The second-order valence-corrected chi connectivity index (χ2v) is 7.99. The molecular formula is C25H31N3O2. The van der Waals surface area contributed by atoms with E-state index in [0.29, 0.717) is 6.61 Å². The number of hydrogen-bond donors (Lipinski definition) is 1. The van der Waals surface area contributed by atoms with E-state index in [1.807, 2.05) is 13.1 Å². The first-order valence-electron chi connectivity index (χ1n) is 10.8. The Balaban J connectivity index is 1.42. The Bertz CT molecular complexity index is 964. The third kappa shape index (κ3) is 4.74. The summed E-state index contributed by atoms with van der Waals surface area (Å²) in [6, 6.07) is 16.9. The maximum Gasteiger partial charge on any atom is 0.128 e. The van der Waals surface area contributed by atoms with Gasteiger partial charge in [0.15, 0.2) is 0 Å². The zero-order chi connectivity index (χ0) is 20.9. The quantitative estimate of drug-likeness (QED) is 0.625. The molecule has 0 spiro atoms. The first kappa shape index (κ1) is 20.6. The molecule has 0 unspecified atom stereocenters. The number of ether oxygens (including phenoxy) is 2. The first-order chi connectivity index (χ1) is 14.6. The van der Waals surface area contributed by atoms with Gasteiger partial charge >= 0.3 is 0 Å². The van der Waals surface area contributed by atoms with E-state index in [1.165, 1.54) is 21.9 Å². The predicted octanol–water partition coefficient (Wildman–Crippen LogP) is 4.54. The number of nitrogens with zero attached hydrogens (tertiary/aromatic N) is 2. The second-order valence-electron chi connectivity index (χ2n) is 7.99. The van der Waals surface area contributed by atoms with Gasteiger partial charge in [0.2, 0.25) is 0 Å². The Morgan fingerprint density at radius 2 is 1.83 bits per heavy atom. The number of pyridine rings is 1. The van der Waals surface area contributed by atoms with E-state index in [-0.39, 0.29) is 12.2 Å². The van der Waals surface area contributed by atoms with Crippen LogP contribution in [0.25, 0.3) is 10.8 Å². The molecule has 0 saturated carbocycles. The number of morpholine rings is 1. The summed E-state index contributed by atoms with van der Waals surface area (Å²) in [4.78, 5) is 7.01. The Morgan fingerprint density at radius 1 is 1.03 bits per heavy atom. The van der Waals surface area contributed by atoms with Crippen molar-refractivity contribution < 1.29 is 9.47 Å². The summed E-state index contributed by atoms with van der Waals surface area (Å²) in [5.74, 6) is 1.97. The molecule has 0 bridgehead atoms. The van der Waals surface area contributed by atoms with Crippen LogP contribution in [0, 0.1) is 0 Å². The highest BCUT2D eigenvalue weighted by atomic mass is 16.5. The van der Waals surface area contributed by atoms with Gasteiger partial charge < -0.3 is 19.7 Å². The Kier molecular flexibility index (Phi) is 6.50. The van der Waals surface area contributed by atoms with Crippen molar-refractivity contribution in [1.82, 2.24) is 10.3 Å². The lowest BCUT2D eigenvalue weighted by atomic mass is 10.0. The summed E-state index contributed by atoms with van der Waals surface area (Å²) in [6.07, 6.45) is 2.44. The average Bonchev–Trinajstić information content (AvgIpc) is 2.75. The van der Waals surface area contributed by atoms with Gasteiger partial charge in [-0.25, -0.2) is 4.98 Å². The molecule has 0 amide bonds. The summed E-state index contributed by atoms with van der Waals surface area (Å²) in [7, 11) is 0. The second kappa shape index (κ2) is 9.45. The monoisotopic (exact) mass is 405 g/mol. The fraction of sp³-hybridized carbons (Fsp3) is 0.400. The van der Waals surface area contributed by atoms with Gasteiger partial charge in [-0.1, -0.05) is 36.4 Å². The largest absolute Gasteiger partial charge is 0.494 e. The van der Waals surface area contributed by atoms with Gasteiger partial charge in [-0.3, -0.25) is 0 Å². The van der Waals surface area contributed by atoms with Gasteiger partial charge in [0.25, 0.3) is 0 Å². The number of fused-ring (bicyclic) bond motifs is 1. The molecule has 0 aliphatic carbocycles. The molecule has 158 valence electrons. The molecule has 2 atom stereocenters. The van der Waals surface area contributed by atoms with E-state index in [2.05, 4.69) is 72.6 Å². The van der Waals surface area contributed by atoms with Crippen molar-refractivity contribution in [3.63, 3.8) is 0 Å². The summed E-state index contributed by atoms with van der Waals surface area (Å²) in [5, 5.41) is 6.04. The fourth-order valence-corrected chi connectivity index (χ4v) is 4.19. The van der Waals surface area contributed by atoms with Crippen LogP contribution in [0.1, 0.15) is 31.9 Å². The molecule has 3 aromatic rings. The van der Waals surface area contributed by atoms with Crippen LogP contribution in [0.4, 0.5) is 5.82 Å². The summed E-state index contributed by atoms with van der Waals surface area (Å²) in [6.45, 7) is 10.2. The molecular weight excluding hydrogens is 374 g/mol. The van der Waals surface area contributed by atoms with Crippen molar-refractivity contribution in [2.24, 2.45) is 0 Å². The molecule has 2 heterocycles. The molecule has 5 heteroatoms. The van der Waals surface area contributed by atoms with Crippen molar-refractivity contribution in [1.29, 1.82) is 0 Å². The zero-order valence-corrected chi connectivity index (χ0v) is 18.1. The molecule has 2 aromatic carbocycles. The Morgan fingerprint density at radius 3 is 2.57 bits per heavy atom. The minimum absolute atomic E-state index is 0.233. The third-order valence-electron chi connectivity index (χ3n) is 5.48. The Labute approximate surface area is 179 Å². The van der Waals surface area contributed by atoms with Crippen molar-refractivity contribution in [2.45, 2.75) is 46.1 Å². The smallest absolute Gasteiger partial charge is 0.128 e. The topological polar surface area (TPSA) is 46.6 Å². The van der Waals surface area contributed by atoms with Crippen molar-refractivity contribution in [3.05, 3.63) is 65.9 Å². The average molecular weight is 406 g/mol. The van der Waals surface area contributed by atoms with Crippen LogP contribution in [-0.4, -0.2) is 36.9 Å². The number of nitrogens with one attached hydrogen (secondary N) is 1. The van der Waals surface area contributed by atoms with E-state index in [9.17, 15) is 0 Å². The first-order valence-corrected chi connectivity index (χ1v) is 10.8. The molecule has 1 aliphatic heterocycles.